The number of nitrogens with zero attached hydrogens (tertiary/aromatic N) is 3. The summed E-state index contributed by atoms with van der Waals surface area (Å²) in [7, 11) is 0. The van der Waals surface area contributed by atoms with Crippen molar-refractivity contribution in [1.29, 1.82) is 0 Å². The number of hydrogen-bond donors (Lipinski definition) is 1. The molecule has 4 rings (SSSR count). The Morgan fingerprint density at radius 1 is 1.06 bits per heavy atom. The highest BCUT2D eigenvalue weighted by Gasteiger charge is 2.11. The molecule has 166 valence electrons. The Balaban J connectivity index is 1.46. The van der Waals surface area contributed by atoms with Crippen molar-refractivity contribution in [3.8, 4) is 22.7 Å². The SMILES string of the molecule is CCc1ccc(OCC(=O)NN=Cc2cn(-c3ccccc3)nc2-c2ccc(Br)cc2)cc1. The fourth-order valence-electron chi connectivity index (χ4n) is 3.20. The number of carbonyl (C=O) groups is 1. The summed E-state index contributed by atoms with van der Waals surface area (Å²) < 4.78 is 8.31. The highest BCUT2D eigenvalue weighted by atomic mass is 79.9. The molecule has 0 saturated heterocycles. The number of para-hydroxylation sites is 1. The van der Waals surface area contributed by atoms with Gasteiger partial charge in [-0.1, -0.05) is 65.3 Å². The molecule has 4 aromatic rings. The van der Waals surface area contributed by atoms with Crippen LogP contribution < -0.4 is 10.2 Å². The number of carbonyl (C=O) groups excluding carboxylic acids is 1. The summed E-state index contributed by atoms with van der Waals surface area (Å²) in [5.41, 5.74) is 7.15. The van der Waals surface area contributed by atoms with Crippen LogP contribution in [-0.2, 0) is 11.2 Å². The summed E-state index contributed by atoms with van der Waals surface area (Å²) in [5, 5.41) is 8.87. The quantitative estimate of drug-likeness (QED) is 0.259. The number of aryl methyl sites for hydroxylation is 1. The fourth-order valence-corrected chi connectivity index (χ4v) is 3.47. The van der Waals surface area contributed by atoms with Crippen LogP contribution in [-0.4, -0.2) is 28.5 Å². The van der Waals surface area contributed by atoms with Crippen LogP contribution >= 0.6 is 15.9 Å². The van der Waals surface area contributed by atoms with Crippen LogP contribution in [0.15, 0.2) is 94.6 Å². The maximum absolute atomic E-state index is 12.2. The molecular formula is C26H23BrN4O2. The van der Waals surface area contributed by atoms with Crippen LogP contribution in [0.5, 0.6) is 5.75 Å². The number of rotatable bonds is 8. The van der Waals surface area contributed by atoms with Crippen molar-refractivity contribution < 1.29 is 9.53 Å². The zero-order chi connectivity index (χ0) is 23.0. The van der Waals surface area contributed by atoms with Crippen LogP contribution in [0.4, 0.5) is 0 Å². The number of benzene rings is 3. The van der Waals surface area contributed by atoms with E-state index in [1.807, 2.05) is 85.1 Å². The summed E-state index contributed by atoms with van der Waals surface area (Å²) in [6.45, 7) is 1.97. The van der Waals surface area contributed by atoms with E-state index in [0.717, 1.165) is 33.4 Å². The van der Waals surface area contributed by atoms with E-state index < -0.39 is 0 Å². The smallest absolute Gasteiger partial charge is 0.277 e. The maximum Gasteiger partial charge on any atom is 0.277 e. The molecule has 0 aliphatic heterocycles. The Labute approximate surface area is 201 Å². The van der Waals surface area contributed by atoms with Crippen molar-refractivity contribution in [2.75, 3.05) is 6.61 Å². The molecule has 0 aliphatic rings. The third-order valence-electron chi connectivity index (χ3n) is 4.98. The minimum absolute atomic E-state index is 0.119. The van der Waals surface area contributed by atoms with Crippen LogP contribution in [0.25, 0.3) is 16.9 Å². The van der Waals surface area contributed by atoms with Gasteiger partial charge in [-0.3, -0.25) is 4.79 Å². The lowest BCUT2D eigenvalue weighted by Crippen LogP contribution is -2.24. The minimum Gasteiger partial charge on any atom is -0.484 e. The predicted molar refractivity (Wildman–Crippen MR) is 134 cm³/mol. The standard InChI is InChI=1S/C26H23BrN4O2/c1-2-19-8-14-24(15-9-19)33-18-25(32)29-28-16-21-17-31(23-6-4-3-5-7-23)30-26(21)20-10-12-22(27)13-11-20/h3-17H,2,18H2,1H3,(H,29,32). The average Bonchev–Trinajstić information content (AvgIpc) is 3.28. The number of aromatic nitrogens is 2. The van der Waals surface area contributed by atoms with Crippen molar-refractivity contribution in [3.05, 3.63) is 101 Å². The fraction of sp³-hybridized carbons (Fsp3) is 0.115. The Bertz CT molecular complexity index is 1230. The van der Waals surface area contributed by atoms with E-state index in [1.165, 1.54) is 5.56 Å². The predicted octanol–water partition coefficient (Wildman–Crippen LogP) is 5.39. The molecule has 1 N–H and O–H groups in total. The molecule has 7 heteroatoms. The third kappa shape index (κ3) is 5.96. The summed E-state index contributed by atoms with van der Waals surface area (Å²) in [4.78, 5) is 12.2. The van der Waals surface area contributed by atoms with Gasteiger partial charge in [0.2, 0.25) is 0 Å². The maximum atomic E-state index is 12.2. The largest absolute Gasteiger partial charge is 0.484 e. The first-order valence-corrected chi connectivity index (χ1v) is 11.4. The van der Waals surface area contributed by atoms with Gasteiger partial charge in [-0.25, -0.2) is 10.1 Å². The van der Waals surface area contributed by atoms with Crippen molar-refractivity contribution in [2.45, 2.75) is 13.3 Å². The Morgan fingerprint density at radius 2 is 1.79 bits per heavy atom. The number of hydrogen-bond acceptors (Lipinski definition) is 4. The van der Waals surface area contributed by atoms with Gasteiger partial charge in [0.1, 0.15) is 11.4 Å². The molecule has 0 bridgehead atoms. The van der Waals surface area contributed by atoms with E-state index in [-0.39, 0.29) is 12.5 Å². The van der Waals surface area contributed by atoms with E-state index in [2.05, 4.69) is 33.4 Å². The third-order valence-corrected chi connectivity index (χ3v) is 5.50. The van der Waals surface area contributed by atoms with E-state index in [9.17, 15) is 4.79 Å². The zero-order valence-corrected chi connectivity index (χ0v) is 19.7. The second kappa shape index (κ2) is 10.7. The molecule has 0 aliphatic carbocycles. The molecule has 1 aromatic heterocycles. The van der Waals surface area contributed by atoms with Crippen LogP contribution in [0.1, 0.15) is 18.1 Å². The van der Waals surface area contributed by atoms with Gasteiger partial charge in [0.15, 0.2) is 6.61 Å². The minimum atomic E-state index is -0.341. The topological polar surface area (TPSA) is 68.5 Å². The van der Waals surface area contributed by atoms with E-state index >= 15 is 0 Å². The second-order valence-electron chi connectivity index (χ2n) is 7.30. The molecule has 0 fully saturated rings. The van der Waals surface area contributed by atoms with Gasteiger partial charge >= 0.3 is 0 Å². The molecule has 0 unspecified atom stereocenters. The van der Waals surface area contributed by atoms with Crippen molar-refractivity contribution in [3.63, 3.8) is 0 Å². The highest BCUT2D eigenvalue weighted by Crippen LogP contribution is 2.24. The zero-order valence-electron chi connectivity index (χ0n) is 18.1. The monoisotopic (exact) mass is 502 g/mol. The number of ether oxygens (including phenoxy) is 1. The lowest BCUT2D eigenvalue weighted by atomic mass is 10.1. The van der Waals surface area contributed by atoms with E-state index in [4.69, 9.17) is 9.84 Å². The Hall–Kier alpha value is -3.71. The molecule has 0 saturated carbocycles. The highest BCUT2D eigenvalue weighted by molar-refractivity contribution is 9.10. The van der Waals surface area contributed by atoms with Crippen molar-refractivity contribution in [2.24, 2.45) is 5.10 Å². The summed E-state index contributed by atoms with van der Waals surface area (Å²) in [6.07, 6.45) is 4.44. The van der Waals surface area contributed by atoms with Crippen LogP contribution in [0.2, 0.25) is 0 Å². The summed E-state index contributed by atoms with van der Waals surface area (Å²) >= 11 is 3.46. The first kappa shape index (κ1) is 22.5. The normalized spacial score (nSPS) is 11.0. The number of nitrogens with one attached hydrogen (secondary N) is 1. The molecule has 1 heterocycles. The van der Waals surface area contributed by atoms with Gasteiger partial charge in [0.25, 0.3) is 5.91 Å². The number of hydrazone groups is 1. The first-order valence-electron chi connectivity index (χ1n) is 10.6. The molecule has 0 atom stereocenters. The first-order chi connectivity index (χ1) is 16.1. The van der Waals surface area contributed by atoms with Crippen molar-refractivity contribution in [1.82, 2.24) is 15.2 Å². The van der Waals surface area contributed by atoms with Gasteiger partial charge < -0.3 is 4.74 Å². The van der Waals surface area contributed by atoms with E-state index in [0.29, 0.717) is 5.75 Å². The number of amides is 1. The molecule has 0 spiro atoms. The number of halogens is 1. The molecule has 3 aromatic carbocycles. The van der Waals surface area contributed by atoms with Gasteiger partial charge in [0.05, 0.1) is 11.9 Å². The van der Waals surface area contributed by atoms with E-state index in [1.54, 1.807) is 10.9 Å². The molecule has 6 nitrogen and oxygen atoms in total. The van der Waals surface area contributed by atoms with Crippen LogP contribution in [0, 0.1) is 0 Å². The Kier molecular flexibility index (Phi) is 7.32. The molecule has 1 amide bonds. The molecular weight excluding hydrogens is 480 g/mol. The van der Waals surface area contributed by atoms with Gasteiger partial charge in [-0.15, -0.1) is 0 Å². The average molecular weight is 503 g/mol. The van der Waals surface area contributed by atoms with Gasteiger partial charge in [-0.05, 0) is 48.4 Å². The van der Waals surface area contributed by atoms with Gasteiger partial charge in [-0.2, -0.15) is 10.2 Å². The molecule has 33 heavy (non-hydrogen) atoms. The second-order valence-corrected chi connectivity index (χ2v) is 8.22. The van der Waals surface area contributed by atoms with Crippen molar-refractivity contribution >= 4 is 28.1 Å². The molecule has 0 radical (unpaired) electrons. The van der Waals surface area contributed by atoms with Gasteiger partial charge in [0, 0.05) is 21.8 Å². The summed E-state index contributed by atoms with van der Waals surface area (Å²) in [6, 6.07) is 25.4. The lowest BCUT2D eigenvalue weighted by Gasteiger charge is -2.05. The summed E-state index contributed by atoms with van der Waals surface area (Å²) in [5.74, 6) is 0.305. The van der Waals surface area contributed by atoms with Crippen LogP contribution in [0.3, 0.4) is 0 Å². The Morgan fingerprint density at radius 3 is 2.48 bits per heavy atom. The lowest BCUT2D eigenvalue weighted by molar-refractivity contribution is -0.123.